The normalized spacial score (nSPS) is 12.4. The van der Waals surface area contributed by atoms with Crippen LogP contribution in [0.4, 0.5) is 5.69 Å². The van der Waals surface area contributed by atoms with E-state index in [4.69, 9.17) is 30.1 Å². The van der Waals surface area contributed by atoms with Gasteiger partial charge in [0.2, 0.25) is 5.12 Å². The number of nitrogens with one attached hydrogen (secondary N) is 1. The van der Waals surface area contributed by atoms with Gasteiger partial charge in [-0.15, -0.1) is 0 Å². The van der Waals surface area contributed by atoms with Crippen LogP contribution in [0.2, 0.25) is 0 Å². The molecule has 1 aromatic carbocycles. The van der Waals surface area contributed by atoms with E-state index in [2.05, 4.69) is 5.32 Å². The third kappa shape index (κ3) is 5.20. The van der Waals surface area contributed by atoms with Crippen LogP contribution in [-0.4, -0.2) is 44.2 Å². The molecule has 0 radical (unpaired) electrons. The Hall–Kier alpha value is -1.60. The summed E-state index contributed by atoms with van der Waals surface area (Å²) < 4.78 is 33.1. The van der Waals surface area contributed by atoms with E-state index in [1.54, 1.807) is 13.8 Å². The summed E-state index contributed by atoms with van der Waals surface area (Å²) in [5.41, 5.74) is 0.327. The van der Waals surface area contributed by atoms with Crippen LogP contribution in [0, 0.1) is 0 Å². The molecule has 1 aromatic rings. The van der Waals surface area contributed by atoms with Crippen LogP contribution in [0.25, 0.3) is 0 Å². The monoisotopic (exact) mass is 407 g/mol. The van der Waals surface area contributed by atoms with E-state index < -0.39 is 18.6 Å². The molecule has 1 atom stereocenters. The number of carbonyl (C=O) groups is 2. The molecule has 0 heterocycles. The molecule has 0 aromatic heterocycles. The first-order chi connectivity index (χ1) is 12.2. The van der Waals surface area contributed by atoms with Crippen molar-refractivity contribution >= 4 is 36.6 Å². The van der Waals surface area contributed by atoms with Crippen LogP contribution in [-0.2, 0) is 18.4 Å². The van der Waals surface area contributed by atoms with Gasteiger partial charge in [0.1, 0.15) is 0 Å². The van der Waals surface area contributed by atoms with Crippen LogP contribution in [0.1, 0.15) is 31.1 Å². The molecule has 0 bridgehead atoms. The summed E-state index contributed by atoms with van der Waals surface area (Å²) in [5, 5.41) is 0.893. The van der Waals surface area contributed by atoms with Crippen molar-refractivity contribution in [1.82, 2.24) is 0 Å². The van der Waals surface area contributed by atoms with E-state index in [9.17, 15) is 14.2 Å². The third-order valence-corrected chi connectivity index (χ3v) is 6.21. The number of halogens is 1. The van der Waals surface area contributed by atoms with Crippen molar-refractivity contribution in [3.63, 3.8) is 0 Å². The van der Waals surface area contributed by atoms with E-state index in [0.29, 0.717) is 11.5 Å². The summed E-state index contributed by atoms with van der Waals surface area (Å²) in [7, 11) is -1.02. The maximum Gasteiger partial charge on any atom is 0.357 e. The Bertz CT molecular complexity index is 700. The van der Waals surface area contributed by atoms with Gasteiger partial charge in [0, 0.05) is 11.6 Å². The number of hydrogen-bond donors (Lipinski definition) is 1. The minimum atomic E-state index is -3.86. The van der Waals surface area contributed by atoms with Crippen molar-refractivity contribution in [3.05, 3.63) is 17.7 Å². The van der Waals surface area contributed by atoms with Crippen LogP contribution in [0.15, 0.2) is 12.1 Å². The zero-order valence-corrected chi connectivity index (χ0v) is 17.0. The molecule has 8 nitrogen and oxygen atoms in total. The first kappa shape index (κ1) is 22.4. The summed E-state index contributed by atoms with van der Waals surface area (Å²) in [6.07, 6.45) is 0. The molecule has 1 amide bonds. The minimum Gasteiger partial charge on any atom is -0.493 e. The average molecular weight is 408 g/mol. The molecule has 26 heavy (non-hydrogen) atoms. The second-order valence-corrected chi connectivity index (χ2v) is 7.86. The number of amides is 1. The lowest BCUT2D eigenvalue weighted by Crippen LogP contribution is -2.26. The molecule has 0 fully saturated rings. The van der Waals surface area contributed by atoms with Gasteiger partial charge < -0.3 is 23.8 Å². The summed E-state index contributed by atoms with van der Waals surface area (Å²) in [5.74, 6) is -0.513. The van der Waals surface area contributed by atoms with Gasteiger partial charge in [0.25, 0.3) is 5.91 Å². The second kappa shape index (κ2) is 9.92. The molecule has 0 spiro atoms. The Morgan fingerprint density at radius 3 is 2.04 bits per heavy atom. The van der Waals surface area contributed by atoms with Crippen molar-refractivity contribution in [2.45, 2.75) is 25.9 Å². The van der Waals surface area contributed by atoms with E-state index >= 15 is 0 Å². The van der Waals surface area contributed by atoms with Crippen LogP contribution < -0.4 is 14.8 Å². The topological polar surface area (TPSA) is 100 Å². The fourth-order valence-electron chi connectivity index (χ4n) is 2.14. The minimum absolute atomic E-state index is 0.0584. The number of ketones is 1. The van der Waals surface area contributed by atoms with Crippen molar-refractivity contribution < 1.29 is 32.7 Å². The Morgan fingerprint density at radius 1 is 1.12 bits per heavy atom. The van der Waals surface area contributed by atoms with Crippen LogP contribution >= 0.6 is 19.2 Å². The lowest BCUT2D eigenvalue weighted by Gasteiger charge is -2.22. The number of rotatable bonds is 10. The SMILES string of the molecule is CCOP(=O)(OCC)C(Cl)C(=O)Nc1cc(OC)c(OC)cc1C(C)=O. The smallest absolute Gasteiger partial charge is 0.357 e. The van der Waals surface area contributed by atoms with Gasteiger partial charge in [-0.1, -0.05) is 11.6 Å². The number of Topliss-reactive ketones (excluding diaryl/α,β-unsaturated/α-hetero) is 1. The molecule has 1 rings (SSSR count). The maximum atomic E-state index is 12.6. The van der Waals surface area contributed by atoms with Gasteiger partial charge in [-0.3, -0.25) is 14.2 Å². The van der Waals surface area contributed by atoms with E-state index in [1.807, 2.05) is 0 Å². The fraction of sp³-hybridized carbons (Fsp3) is 0.500. The number of benzene rings is 1. The van der Waals surface area contributed by atoms with Crippen molar-refractivity contribution in [2.24, 2.45) is 0 Å². The highest BCUT2D eigenvalue weighted by molar-refractivity contribution is 7.57. The molecular formula is C16H23ClNO7P. The molecule has 0 aliphatic rings. The summed E-state index contributed by atoms with van der Waals surface area (Å²) >= 11 is 6.04. The zero-order valence-electron chi connectivity index (χ0n) is 15.3. The lowest BCUT2D eigenvalue weighted by atomic mass is 10.1. The molecule has 0 saturated heterocycles. The number of anilines is 1. The zero-order chi connectivity index (χ0) is 19.9. The molecule has 146 valence electrons. The van der Waals surface area contributed by atoms with Crippen molar-refractivity contribution in [2.75, 3.05) is 32.8 Å². The summed E-state index contributed by atoms with van der Waals surface area (Å²) in [6, 6.07) is 2.86. The standard InChI is InChI=1S/C16H23ClNO7P/c1-6-24-26(21,25-7-2)15(17)16(20)18-12-9-14(23-5)13(22-4)8-11(12)10(3)19/h8-9,15H,6-7H2,1-5H3,(H,18,20). The predicted molar refractivity (Wildman–Crippen MR) is 98.7 cm³/mol. The average Bonchev–Trinajstić information content (AvgIpc) is 2.60. The van der Waals surface area contributed by atoms with E-state index in [1.165, 1.54) is 33.3 Å². The fourth-order valence-corrected chi connectivity index (χ4v) is 3.94. The number of alkyl halides is 1. The molecular weight excluding hydrogens is 385 g/mol. The Balaban J connectivity index is 3.22. The third-order valence-electron chi connectivity index (χ3n) is 3.27. The summed E-state index contributed by atoms with van der Waals surface area (Å²) in [6.45, 7) is 4.66. The molecule has 10 heteroatoms. The molecule has 1 N–H and O–H groups in total. The number of carbonyl (C=O) groups excluding carboxylic acids is 2. The predicted octanol–water partition coefficient (Wildman–Crippen LogP) is 3.68. The molecule has 0 saturated carbocycles. The molecule has 0 aliphatic heterocycles. The van der Waals surface area contributed by atoms with Gasteiger partial charge in [-0.2, -0.15) is 0 Å². The van der Waals surface area contributed by atoms with Gasteiger partial charge >= 0.3 is 7.60 Å². The summed E-state index contributed by atoms with van der Waals surface area (Å²) in [4.78, 5) is 24.4. The van der Waals surface area contributed by atoms with Crippen LogP contribution in [0.5, 0.6) is 11.5 Å². The quantitative estimate of drug-likeness (QED) is 0.358. The van der Waals surface area contributed by atoms with E-state index in [-0.39, 0.29) is 30.2 Å². The van der Waals surface area contributed by atoms with Gasteiger partial charge in [0.05, 0.1) is 33.1 Å². The first-order valence-electron chi connectivity index (χ1n) is 7.84. The Morgan fingerprint density at radius 2 is 1.62 bits per heavy atom. The van der Waals surface area contributed by atoms with Gasteiger partial charge in [-0.05, 0) is 26.8 Å². The van der Waals surface area contributed by atoms with Crippen molar-refractivity contribution in [1.29, 1.82) is 0 Å². The maximum absolute atomic E-state index is 12.6. The number of ether oxygens (including phenoxy) is 2. The highest BCUT2D eigenvalue weighted by Gasteiger charge is 2.40. The Labute approximate surface area is 157 Å². The Kier molecular flexibility index (Phi) is 8.56. The van der Waals surface area contributed by atoms with Crippen LogP contribution in [0.3, 0.4) is 0 Å². The van der Waals surface area contributed by atoms with Crippen molar-refractivity contribution in [3.8, 4) is 11.5 Å². The number of hydrogen-bond acceptors (Lipinski definition) is 7. The van der Waals surface area contributed by atoms with E-state index in [0.717, 1.165) is 0 Å². The highest BCUT2D eigenvalue weighted by Crippen LogP contribution is 2.55. The molecule has 0 aliphatic carbocycles. The van der Waals surface area contributed by atoms with Gasteiger partial charge in [-0.25, -0.2) is 0 Å². The largest absolute Gasteiger partial charge is 0.493 e. The first-order valence-corrected chi connectivity index (χ1v) is 9.89. The second-order valence-electron chi connectivity index (χ2n) is 5.01. The molecule has 1 unspecified atom stereocenters. The van der Waals surface area contributed by atoms with Gasteiger partial charge in [0.15, 0.2) is 17.3 Å². The lowest BCUT2D eigenvalue weighted by molar-refractivity contribution is -0.114. The number of methoxy groups -OCH3 is 2. The highest BCUT2D eigenvalue weighted by atomic mass is 35.5.